The van der Waals surface area contributed by atoms with Gasteiger partial charge in [0.25, 0.3) is 0 Å². The van der Waals surface area contributed by atoms with Crippen LogP contribution in [0.25, 0.3) is 33.5 Å². The predicted molar refractivity (Wildman–Crippen MR) is 123 cm³/mol. The van der Waals surface area contributed by atoms with Gasteiger partial charge in [-0.15, -0.1) is 0 Å². The number of halogens is 3. The molecule has 1 saturated heterocycles. The fourth-order valence-corrected chi connectivity index (χ4v) is 4.94. The Bertz CT molecular complexity index is 1560. The molecule has 2 atom stereocenters. The molecule has 0 aromatic carbocycles. The lowest BCUT2D eigenvalue weighted by atomic mass is 9.82. The quantitative estimate of drug-likeness (QED) is 0.393. The van der Waals surface area contributed by atoms with Crippen LogP contribution in [0.15, 0.2) is 30.7 Å². The summed E-state index contributed by atoms with van der Waals surface area (Å²) in [6, 6.07) is 2.52. The first-order valence-corrected chi connectivity index (χ1v) is 11.5. The minimum atomic E-state index is -3.56. The first-order chi connectivity index (χ1) is 18.9. The van der Waals surface area contributed by atoms with Gasteiger partial charge in [0.2, 0.25) is 0 Å². The summed E-state index contributed by atoms with van der Waals surface area (Å²) < 4.78 is 92.6. The molecule has 0 aliphatic carbocycles. The van der Waals surface area contributed by atoms with Crippen LogP contribution < -0.4 is 0 Å². The van der Waals surface area contributed by atoms with Crippen LogP contribution in [-0.2, 0) is 17.7 Å². The second kappa shape index (κ2) is 8.44. The van der Waals surface area contributed by atoms with Crippen molar-refractivity contribution in [3.63, 3.8) is 0 Å². The van der Waals surface area contributed by atoms with E-state index in [1.165, 1.54) is 16.9 Å². The predicted octanol–water partition coefficient (Wildman–Crippen LogP) is 5.26. The molecule has 1 fully saturated rings. The van der Waals surface area contributed by atoms with E-state index in [0.717, 1.165) is 31.3 Å². The molecular formula is C25H25F3N6O. The van der Waals surface area contributed by atoms with E-state index in [2.05, 4.69) is 20.2 Å². The Kier molecular flexibility index (Phi) is 4.15. The third kappa shape index (κ3) is 3.71. The molecular weight excluding hydrogens is 457 g/mol. The summed E-state index contributed by atoms with van der Waals surface area (Å²) in [5.74, 6) is -1.31. The van der Waals surface area contributed by atoms with Gasteiger partial charge in [-0.05, 0) is 44.2 Å². The Labute approximate surface area is 207 Å². The lowest BCUT2D eigenvalue weighted by molar-refractivity contribution is -0.0370. The van der Waals surface area contributed by atoms with Gasteiger partial charge in [-0.25, -0.2) is 18.4 Å². The molecule has 2 aliphatic rings. The number of hydrogen-bond donors (Lipinski definition) is 0. The SMILES string of the molecule is [2H]C([2H])([2H])C1(C([2H])([2H])F)CCc2c(-c3c(F)cnc4c3cnn4C3CCCCO3)c(-c3ccc(F)cn3)nn2C1. The Morgan fingerprint density at radius 1 is 1.20 bits per heavy atom. The van der Waals surface area contributed by atoms with Gasteiger partial charge in [-0.2, -0.15) is 10.2 Å². The molecule has 0 N–H and O–H groups in total. The average molecular weight is 488 g/mol. The number of nitrogens with zero attached hydrogens (tertiary/aromatic N) is 6. The van der Waals surface area contributed by atoms with E-state index in [9.17, 15) is 8.78 Å². The highest BCUT2D eigenvalue weighted by atomic mass is 19.1. The first kappa shape index (κ1) is 17.2. The summed E-state index contributed by atoms with van der Waals surface area (Å²) in [5, 5.41) is 9.29. The molecule has 6 heterocycles. The van der Waals surface area contributed by atoms with Gasteiger partial charge >= 0.3 is 0 Å². The fraction of sp³-hybridized carbons (Fsp3) is 0.440. The summed E-state index contributed by atoms with van der Waals surface area (Å²) in [5.41, 5.74) is -1.02. The molecule has 182 valence electrons. The lowest BCUT2D eigenvalue weighted by Crippen LogP contribution is -2.32. The highest BCUT2D eigenvalue weighted by Gasteiger charge is 2.36. The molecule has 4 aromatic heterocycles. The summed E-state index contributed by atoms with van der Waals surface area (Å²) in [7, 11) is 0. The molecule has 2 aliphatic heterocycles. The van der Waals surface area contributed by atoms with Crippen molar-refractivity contribution in [2.45, 2.75) is 51.7 Å². The molecule has 6 rings (SSSR count). The van der Waals surface area contributed by atoms with Gasteiger partial charge in [0, 0.05) is 39.5 Å². The third-order valence-electron chi connectivity index (χ3n) is 6.67. The second-order valence-electron chi connectivity index (χ2n) is 8.99. The van der Waals surface area contributed by atoms with Crippen LogP contribution in [0.4, 0.5) is 13.2 Å². The second-order valence-corrected chi connectivity index (χ2v) is 8.99. The van der Waals surface area contributed by atoms with Crippen LogP contribution in [0.5, 0.6) is 0 Å². The first-order valence-electron chi connectivity index (χ1n) is 14.0. The zero-order chi connectivity index (χ0) is 28.4. The van der Waals surface area contributed by atoms with E-state index in [0.29, 0.717) is 29.8 Å². The van der Waals surface area contributed by atoms with E-state index in [4.69, 9.17) is 11.6 Å². The zero-order valence-corrected chi connectivity index (χ0v) is 18.6. The van der Waals surface area contributed by atoms with Gasteiger partial charge in [0.15, 0.2) is 11.9 Å². The average Bonchev–Trinajstić information content (AvgIpc) is 3.50. The van der Waals surface area contributed by atoms with Crippen molar-refractivity contribution in [3.05, 3.63) is 48.1 Å². The van der Waals surface area contributed by atoms with E-state index in [-0.39, 0.29) is 41.6 Å². The monoisotopic (exact) mass is 487 g/mol. The van der Waals surface area contributed by atoms with Gasteiger partial charge < -0.3 is 4.74 Å². The fourth-order valence-electron chi connectivity index (χ4n) is 4.94. The van der Waals surface area contributed by atoms with E-state index in [1.807, 2.05) is 0 Å². The third-order valence-corrected chi connectivity index (χ3v) is 6.67. The van der Waals surface area contributed by atoms with Crippen molar-refractivity contribution in [1.29, 1.82) is 0 Å². The van der Waals surface area contributed by atoms with E-state index < -0.39 is 37.1 Å². The van der Waals surface area contributed by atoms with Crippen LogP contribution in [0.3, 0.4) is 0 Å². The van der Waals surface area contributed by atoms with Gasteiger partial charge in [-0.1, -0.05) is 6.85 Å². The number of hydrogen-bond acceptors (Lipinski definition) is 5. The highest BCUT2D eigenvalue weighted by molar-refractivity contribution is 5.97. The maximum absolute atomic E-state index is 15.7. The highest BCUT2D eigenvalue weighted by Crippen LogP contribution is 2.43. The minimum Gasteiger partial charge on any atom is -0.356 e. The van der Waals surface area contributed by atoms with Crippen LogP contribution in [0, 0.1) is 17.0 Å². The molecule has 7 nitrogen and oxygen atoms in total. The normalized spacial score (nSPS) is 25.3. The van der Waals surface area contributed by atoms with Gasteiger partial charge in [0.1, 0.15) is 17.3 Å². The molecule has 10 heteroatoms. The molecule has 0 radical (unpaired) electrons. The smallest absolute Gasteiger partial charge is 0.161 e. The Hall–Kier alpha value is -3.27. The van der Waals surface area contributed by atoms with Crippen LogP contribution in [-0.4, -0.2) is 42.8 Å². The molecule has 35 heavy (non-hydrogen) atoms. The van der Waals surface area contributed by atoms with Crippen LogP contribution in [0.2, 0.25) is 0 Å². The largest absolute Gasteiger partial charge is 0.356 e. The summed E-state index contributed by atoms with van der Waals surface area (Å²) in [6.07, 6.45) is 5.20. The zero-order valence-electron chi connectivity index (χ0n) is 23.6. The number of alkyl halides is 1. The van der Waals surface area contributed by atoms with Gasteiger partial charge in [-0.3, -0.25) is 14.1 Å². The molecule has 2 unspecified atom stereocenters. The summed E-state index contributed by atoms with van der Waals surface area (Å²) >= 11 is 0. The number of pyridine rings is 2. The van der Waals surface area contributed by atoms with E-state index in [1.54, 1.807) is 4.68 Å². The summed E-state index contributed by atoms with van der Waals surface area (Å²) in [4.78, 5) is 8.39. The van der Waals surface area contributed by atoms with Crippen molar-refractivity contribution >= 4 is 11.0 Å². The Balaban J connectivity index is 1.59. The Morgan fingerprint density at radius 2 is 2.11 bits per heavy atom. The van der Waals surface area contributed by atoms with E-state index >= 15 is 4.39 Å². The molecule has 4 aromatic rings. The topological polar surface area (TPSA) is 70.7 Å². The molecule has 0 spiro atoms. The van der Waals surface area contributed by atoms with Crippen LogP contribution in [0.1, 0.15) is 51.3 Å². The summed E-state index contributed by atoms with van der Waals surface area (Å²) in [6.45, 7) is -6.63. The Morgan fingerprint density at radius 3 is 2.86 bits per heavy atom. The maximum atomic E-state index is 15.7. The molecule has 0 saturated carbocycles. The number of fused-ring (bicyclic) bond motifs is 2. The van der Waals surface area contributed by atoms with Crippen molar-refractivity contribution in [2.24, 2.45) is 5.41 Å². The molecule has 0 amide bonds. The number of ether oxygens (including phenoxy) is 1. The minimum absolute atomic E-state index is 0.0825. The molecule has 0 bridgehead atoms. The number of rotatable bonds is 4. The van der Waals surface area contributed by atoms with Crippen LogP contribution >= 0.6 is 0 Å². The number of aromatic nitrogens is 6. The van der Waals surface area contributed by atoms with Crippen molar-refractivity contribution in [1.82, 2.24) is 29.5 Å². The standard InChI is InChI=1S/C25H25F3N6O/c1-25(13-26)8-7-19-22(23(32-33(19)14-25)18-6-5-15(27)10-29-18)21-16-11-31-34(20-4-2-3-9-35-20)24(16)30-12-17(21)28/h5-6,10-12,20H,2-4,7-9,13-14H2,1H3/i1D3,13D2. The van der Waals surface area contributed by atoms with Crippen molar-refractivity contribution in [3.8, 4) is 22.5 Å². The maximum Gasteiger partial charge on any atom is 0.161 e. The van der Waals surface area contributed by atoms with Crippen molar-refractivity contribution < 1.29 is 24.8 Å². The van der Waals surface area contributed by atoms with Crippen molar-refractivity contribution in [2.75, 3.05) is 13.2 Å². The van der Waals surface area contributed by atoms with Gasteiger partial charge in [0.05, 0.1) is 39.0 Å². The lowest BCUT2D eigenvalue weighted by Gasteiger charge is -2.31.